The van der Waals surface area contributed by atoms with Gasteiger partial charge >= 0.3 is 0 Å². The molecule has 1 N–H and O–H groups in total. The second kappa shape index (κ2) is 8.08. The Labute approximate surface area is 163 Å². The van der Waals surface area contributed by atoms with E-state index in [9.17, 15) is 9.59 Å². The van der Waals surface area contributed by atoms with Crippen molar-refractivity contribution < 1.29 is 4.79 Å². The quantitative estimate of drug-likeness (QED) is 0.745. The lowest BCUT2D eigenvalue weighted by atomic mass is 9.96. The van der Waals surface area contributed by atoms with Crippen molar-refractivity contribution in [3.63, 3.8) is 0 Å². The number of nitrogens with zero attached hydrogens (tertiary/aromatic N) is 3. The minimum Gasteiger partial charge on any atom is -0.384 e. The predicted octanol–water partition coefficient (Wildman–Crippen LogP) is 3.09. The molecule has 1 aliphatic rings. The number of piperidine rings is 1. The molecule has 142 valence electrons. The van der Waals surface area contributed by atoms with E-state index in [0.717, 1.165) is 36.4 Å². The van der Waals surface area contributed by atoms with E-state index in [-0.39, 0.29) is 17.4 Å². The number of amides is 1. The molecule has 1 aromatic carbocycles. The molecule has 3 aromatic rings. The van der Waals surface area contributed by atoms with Gasteiger partial charge < -0.3 is 10.2 Å². The summed E-state index contributed by atoms with van der Waals surface area (Å²) in [5, 5.41) is 3.33. The first-order valence-electron chi connectivity index (χ1n) is 9.46. The fourth-order valence-corrected chi connectivity index (χ4v) is 3.54. The Hall–Kier alpha value is -3.41. The van der Waals surface area contributed by atoms with Crippen LogP contribution in [0.1, 0.15) is 12.8 Å². The van der Waals surface area contributed by atoms with Crippen LogP contribution in [-0.4, -0.2) is 28.5 Å². The topological polar surface area (TPSA) is 67.2 Å². The van der Waals surface area contributed by atoms with Crippen LogP contribution in [-0.2, 0) is 4.79 Å². The van der Waals surface area contributed by atoms with Gasteiger partial charge in [-0.3, -0.25) is 19.1 Å². The zero-order chi connectivity index (χ0) is 19.3. The van der Waals surface area contributed by atoms with Crippen LogP contribution in [0.2, 0.25) is 0 Å². The highest BCUT2D eigenvalue weighted by molar-refractivity contribution is 5.96. The summed E-state index contributed by atoms with van der Waals surface area (Å²) in [5.41, 5.74) is 2.55. The molecule has 1 unspecified atom stereocenters. The van der Waals surface area contributed by atoms with E-state index in [1.165, 1.54) is 6.07 Å². The van der Waals surface area contributed by atoms with Gasteiger partial charge in [0.05, 0.1) is 5.92 Å². The number of anilines is 2. The minimum atomic E-state index is -0.0773. The summed E-state index contributed by atoms with van der Waals surface area (Å²) < 4.78 is 1.59. The van der Waals surface area contributed by atoms with Crippen LogP contribution >= 0.6 is 0 Å². The number of hydrogen-bond acceptors (Lipinski definition) is 4. The van der Waals surface area contributed by atoms with Gasteiger partial charge in [-0.1, -0.05) is 6.07 Å². The molecule has 6 heteroatoms. The van der Waals surface area contributed by atoms with Crippen LogP contribution in [0, 0.1) is 5.92 Å². The summed E-state index contributed by atoms with van der Waals surface area (Å²) in [4.78, 5) is 30.8. The van der Waals surface area contributed by atoms with Crippen molar-refractivity contribution in [3.05, 3.63) is 83.5 Å². The first-order valence-corrected chi connectivity index (χ1v) is 9.46. The molecular weight excluding hydrogens is 352 g/mol. The molecule has 0 spiro atoms. The average Bonchev–Trinajstić information content (AvgIpc) is 2.74. The molecule has 1 atom stereocenters. The van der Waals surface area contributed by atoms with Gasteiger partial charge in [0.2, 0.25) is 5.91 Å². The monoisotopic (exact) mass is 374 g/mol. The number of aromatic nitrogens is 2. The maximum Gasteiger partial charge on any atom is 0.255 e. The van der Waals surface area contributed by atoms with Crippen LogP contribution in [0.25, 0.3) is 5.69 Å². The number of carbonyl (C=O) groups is 1. The highest BCUT2D eigenvalue weighted by atomic mass is 16.2. The van der Waals surface area contributed by atoms with E-state index in [1.54, 1.807) is 29.2 Å². The molecule has 4 rings (SSSR count). The maximum atomic E-state index is 13.0. The van der Waals surface area contributed by atoms with E-state index >= 15 is 0 Å². The fraction of sp³-hybridized carbons (Fsp3) is 0.227. The second-order valence-corrected chi connectivity index (χ2v) is 6.87. The van der Waals surface area contributed by atoms with Gasteiger partial charge in [-0.25, -0.2) is 0 Å². The lowest BCUT2D eigenvalue weighted by molar-refractivity contribution is -0.123. The van der Waals surface area contributed by atoms with Crippen molar-refractivity contribution in [2.24, 2.45) is 5.92 Å². The first-order chi connectivity index (χ1) is 13.7. The number of rotatable bonds is 5. The van der Waals surface area contributed by atoms with Crippen molar-refractivity contribution in [1.82, 2.24) is 9.55 Å². The summed E-state index contributed by atoms with van der Waals surface area (Å²) >= 11 is 0. The van der Waals surface area contributed by atoms with E-state index in [4.69, 9.17) is 0 Å². The summed E-state index contributed by atoms with van der Waals surface area (Å²) in [6.45, 7) is 1.33. The van der Waals surface area contributed by atoms with Crippen LogP contribution in [0.5, 0.6) is 0 Å². The second-order valence-electron chi connectivity index (χ2n) is 6.87. The third-order valence-corrected chi connectivity index (χ3v) is 5.04. The maximum absolute atomic E-state index is 13.0. The Bertz CT molecular complexity index is 999. The van der Waals surface area contributed by atoms with E-state index in [2.05, 4.69) is 10.3 Å². The Morgan fingerprint density at radius 1 is 0.964 bits per heavy atom. The third kappa shape index (κ3) is 3.81. The van der Waals surface area contributed by atoms with Gasteiger partial charge in [0.15, 0.2) is 0 Å². The zero-order valence-electron chi connectivity index (χ0n) is 15.5. The SMILES string of the molecule is O=C1C(CNc2ccncc2)CCCN1c1ccc(-n2ccccc2=O)cc1. The average molecular weight is 374 g/mol. The third-order valence-electron chi connectivity index (χ3n) is 5.04. The van der Waals surface area contributed by atoms with Gasteiger partial charge in [-0.2, -0.15) is 0 Å². The Kier molecular flexibility index (Phi) is 5.19. The predicted molar refractivity (Wildman–Crippen MR) is 110 cm³/mol. The number of hydrogen-bond donors (Lipinski definition) is 1. The van der Waals surface area contributed by atoms with Crippen molar-refractivity contribution in [2.45, 2.75) is 12.8 Å². The summed E-state index contributed by atoms with van der Waals surface area (Å²) in [6, 6.07) is 16.4. The van der Waals surface area contributed by atoms with E-state index < -0.39 is 0 Å². The molecule has 1 aliphatic heterocycles. The number of benzene rings is 1. The molecule has 0 bridgehead atoms. The van der Waals surface area contributed by atoms with E-state index in [0.29, 0.717) is 6.54 Å². The molecule has 6 nitrogen and oxygen atoms in total. The molecule has 0 saturated carbocycles. The van der Waals surface area contributed by atoms with Crippen molar-refractivity contribution >= 4 is 17.3 Å². The Balaban J connectivity index is 1.47. The van der Waals surface area contributed by atoms with Crippen LogP contribution < -0.4 is 15.8 Å². The highest BCUT2D eigenvalue weighted by Crippen LogP contribution is 2.25. The smallest absolute Gasteiger partial charge is 0.255 e. The minimum absolute atomic E-state index is 0.0571. The van der Waals surface area contributed by atoms with Crippen LogP contribution in [0.3, 0.4) is 0 Å². The van der Waals surface area contributed by atoms with Crippen molar-refractivity contribution in [3.8, 4) is 5.69 Å². The molecular formula is C22H22N4O2. The van der Waals surface area contributed by atoms with Crippen molar-refractivity contribution in [1.29, 1.82) is 0 Å². The van der Waals surface area contributed by atoms with Gasteiger partial charge in [0.25, 0.3) is 5.56 Å². The molecule has 0 aliphatic carbocycles. The molecule has 28 heavy (non-hydrogen) atoms. The van der Waals surface area contributed by atoms with Crippen LogP contribution in [0.15, 0.2) is 78.0 Å². The Morgan fingerprint density at radius 3 is 2.46 bits per heavy atom. The number of carbonyl (C=O) groups excluding carboxylic acids is 1. The zero-order valence-corrected chi connectivity index (χ0v) is 15.5. The van der Waals surface area contributed by atoms with Gasteiger partial charge in [-0.05, 0) is 55.3 Å². The lowest BCUT2D eigenvalue weighted by Crippen LogP contribution is -2.43. The standard InChI is InChI=1S/C22H22N4O2/c27-21-5-1-2-14-25(21)19-6-8-20(9-7-19)26-15-3-4-17(22(26)28)16-24-18-10-12-23-13-11-18/h1-2,5-14,17H,3-4,15-16H2,(H,23,24). The number of pyridine rings is 2. The summed E-state index contributed by atoms with van der Waals surface area (Å²) in [6.07, 6.45) is 7.05. The lowest BCUT2D eigenvalue weighted by Gasteiger charge is -2.32. The highest BCUT2D eigenvalue weighted by Gasteiger charge is 2.29. The molecule has 1 amide bonds. The summed E-state index contributed by atoms with van der Waals surface area (Å²) in [7, 11) is 0. The van der Waals surface area contributed by atoms with Crippen LogP contribution in [0.4, 0.5) is 11.4 Å². The summed E-state index contributed by atoms with van der Waals surface area (Å²) in [5.74, 6) is 0.0794. The Morgan fingerprint density at radius 2 is 1.71 bits per heavy atom. The normalized spacial score (nSPS) is 16.8. The van der Waals surface area contributed by atoms with Gasteiger partial charge in [0, 0.05) is 54.8 Å². The first kappa shape index (κ1) is 18.0. The molecule has 3 heterocycles. The number of nitrogens with one attached hydrogen (secondary N) is 1. The fourth-order valence-electron chi connectivity index (χ4n) is 3.54. The molecule has 1 fully saturated rings. The van der Waals surface area contributed by atoms with Crippen molar-refractivity contribution in [2.75, 3.05) is 23.3 Å². The van der Waals surface area contributed by atoms with Gasteiger partial charge in [-0.15, -0.1) is 0 Å². The molecule has 0 radical (unpaired) electrons. The molecule has 1 saturated heterocycles. The molecule has 2 aromatic heterocycles. The van der Waals surface area contributed by atoms with Gasteiger partial charge in [0.1, 0.15) is 0 Å². The van der Waals surface area contributed by atoms with E-state index in [1.807, 2.05) is 47.4 Å². The largest absolute Gasteiger partial charge is 0.384 e.